The van der Waals surface area contributed by atoms with Crippen molar-refractivity contribution >= 4 is 46.5 Å². The lowest BCUT2D eigenvalue weighted by molar-refractivity contribution is -0.106. The number of fused-ring (bicyclic) bond motifs is 1. The lowest BCUT2D eigenvalue weighted by atomic mass is 10.3. The molecule has 1 N–H and O–H groups in total. The number of rotatable bonds is 3. The highest BCUT2D eigenvalue weighted by molar-refractivity contribution is 6.30. The van der Waals surface area contributed by atoms with Gasteiger partial charge in [-0.25, -0.2) is 14.7 Å². The highest BCUT2D eigenvalue weighted by Gasteiger charge is 2.15. The monoisotopic (exact) mass is 315 g/mol. The molecule has 1 heterocycles. The van der Waals surface area contributed by atoms with Gasteiger partial charge in [-0.15, -0.1) is 0 Å². The first-order valence-corrected chi connectivity index (χ1v) is 6.69. The number of hydrogen-bond donors (Lipinski definition) is 1. The second-order valence-electron chi connectivity index (χ2n) is 4.42. The lowest BCUT2D eigenvalue weighted by Crippen LogP contribution is -2.33. The molecule has 0 fully saturated rings. The number of halogens is 1. The average Bonchev–Trinajstić information content (AvgIpc) is 2.97. The molecule has 0 aliphatic rings. The van der Waals surface area contributed by atoms with Crippen molar-refractivity contribution in [3.05, 3.63) is 53.9 Å². The van der Waals surface area contributed by atoms with Gasteiger partial charge in [0, 0.05) is 16.8 Å². The molecule has 0 unspecified atom stereocenters. The van der Waals surface area contributed by atoms with Crippen LogP contribution in [0, 0.1) is 0 Å². The van der Waals surface area contributed by atoms with Crippen LogP contribution in [-0.2, 0) is 4.79 Å². The smallest absolute Gasteiger partial charge is 0.332 e. The Bertz CT molecular complexity index is 829. The maximum absolute atomic E-state index is 12.2. The molecule has 0 aliphatic carbocycles. The third-order valence-corrected chi connectivity index (χ3v) is 3.26. The summed E-state index contributed by atoms with van der Waals surface area (Å²) in [5.74, 6) is 0. The van der Waals surface area contributed by atoms with Gasteiger partial charge in [-0.05, 0) is 36.4 Å². The van der Waals surface area contributed by atoms with Crippen molar-refractivity contribution in [3.8, 4) is 0 Å². The molecule has 3 amide bonds. The van der Waals surface area contributed by atoms with Crippen LogP contribution >= 0.6 is 11.6 Å². The molecule has 0 radical (unpaired) electrons. The van der Waals surface area contributed by atoms with Gasteiger partial charge in [0.2, 0.25) is 6.41 Å². The molecule has 3 aromatic rings. The van der Waals surface area contributed by atoms with Crippen LogP contribution in [0.15, 0.2) is 53.3 Å². The Morgan fingerprint density at radius 2 is 2.00 bits per heavy atom. The van der Waals surface area contributed by atoms with Crippen molar-refractivity contribution in [2.24, 2.45) is 0 Å². The van der Waals surface area contributed by atoms with Crippen LogP contribution in [0.4, 0.5) is 16.2 Å². The van der Waals surface area contributed by atoms with E-state index < -0.39 is 6.03 Å². The van der Waals surface area contributed by atoms with E-state index in [2.05, 4.69) is 10.3 Å². The van der Waals surface area contributed by atoms with E-state index in [1.807, 2.05) is 0 Å². The van der Waals surface area contributed by atoms with E-state index in [9.17, 15) is 9.59 Å². The molecule has 0 saturated heterocycles. The van der Waals surface area contributed by atoms with Crippen LogP contribution in [0.25, 0.3) is 11.1 Å². The predicted octanol–water partition coefficient (Wildman–Crippen LogP) is 3.68. The van der Waals surface area contributed by atoms with Crippen LogP contribution in [0.2, 0.25) is 5.02 Å². The number of hydrogen-bond acceptors (Lipinski definition) is 4. The number of urea groups is 1. The SMILES string of the molecule is O=CN(C(=O)Nc1ccc2ncoc2c1)c1ccc(Cl)cc1. The maximum atomic E-state index is 12.2. The summed E-state index contributed by atoms with van der Waals surface area (Å²) < 4.78 is 5.16. The molecule has 0 atom stereocenters. The second-order valence-corrected chi connectivity index (χ2v) is 4.85. The number of anilines is 2. The molecule has 7 heteroatoms. The number of nitrogens with one attached hydrogen (secondary N) is 1. The normalized spacial score (nSPS) is 10.4. The lowest BCUT2D eigenvalue weighted by Gasteiger charge is -2.16. The van der Waals surface area contributed by atoms with E-state index in [1.54, 1.807) is 42.5 Å². The molecule has 0 bridgehead atoms. The van der Waals surface area contributed by atoms with Crippen LogP contribution < -0.4 is 10.2 Å². The number of oxazole rings is 1. The molecule has 0 spiro atoms. The molecular formula is C15H10ClN3O3. The molecule has 110 valence electrons. The number of carbonyl (C=O) groups is 2. The Hall–Kier alpha value is -2.86. The highest BCUT2D eigenvalue weighted by atomic mass is 35.5. The molecule has 0 aliphatic heterocycles. The Morgan fingerprint density at radius 3 is 2.73 bits per heavy atom. The summed E-state index contributed by atoms with van der Waals surface area (Å²) in [5, 5.41) is 3.14. The number of carbonyl (C=O) groups excluding carboxylic acids is 2. The van der Waals surface area contributed by atoms with Gasteiger partial charge in [0.1, 0.15) is 5.52 Å². The number of amides is 3. The Morgan fingerprint density at radius 1 is 1.23 bits per heavy atom. The quantitative estimate of drug-likeness (QED) is 0.748. The van der Waals surface area contributed by atoms with Crippen molar-refractivity contribution in [1.82, 2.24) is 4.98 Å². The summed E-state index contributed by atoms with van der Waals surface area (Å²) >= 11 is 5.79. The Kier molecular flexibility index (Phi) is 3.76. The van der Waals surface area contributed by atoms with Crippen LogP contribution in [0.1, 0.15) is 0 Å². The van der Waals surface area contributed by atoms with Crippen molar-refractivity contribution in [2.75, 3.05) is 10.2 Å². The zero-order valence-corrected chi connectivity index (χ0v) is 11.9. The summed E-state index contributed by atoms with van der Waals surface area (Å²) in [5.41, 5.74) is 2.14. The molecule has 0 saturated carbocycles. The van der Waals surface area contributed by atoms with E-state index in [4.69, 9.17) is 16.0 Å². The predicted molar refractivity (Wildman–Crippen MR) is 83.0 cm³/mol. The van der Waals surface area contributed by atoms with Crippen molar-refractivity contribution in [1.29, 1.82) is 0 Å². The van der Waals surface area contributed by atoms with Crippen molar-refractivity contribution in [3.63, 3.8) is 0 Å². The van der Waals surface area contributed by atoms with E-state index in [0.29, 0.717) is 33.9 Å². The summed E-state index contributed by atoms with van der Waals surface area (Å²) in [6.45, 7) is 0. The van der Waals surface area contributed by atoms with Crippen LogP contribution in [0.5, 0.6) is 0 Å². The van der Waals surface area contributed by atoms with E-state index in [0.717, 1.165) is 4.90 Å². The number of aromatic nitrogens is 1. The molecule has 2 aromatic carbocycles. The number of nitrogens with zero attached hydrogens (tertiary/aromatic N) is 2. The van der Waals surface area contributed by atoms with E-state index in [1.165, 1.54) is 6.39 Å². The average molecular weight is 316 g/mol. The summed E-state index contributed by atoms with van der Waals surface area (Å²) in [6, 6.07) is 10.8. The maximum Gasteiger partial charge on any atom is 0.332 e. The van der Waals surface area contributed by atoms with Crippen LogP contribution in [-0.4, -0.2) is 17.4 Å². The fourth-order valence-corrected chi connectivity index (χ4v) is 2.07. The van der Waals surface area contributed by atoms with E-state index in [-0.39, 0.29) is 0 Å². The molecule has 1 aromatic heterocycles. The molecule has 6 nitrogen and oxygen atoms in total. The third kappa shape index (κ3) is 2.77. The zero-order chi connectivity index (χ0) is 15.5. The minimum absolute atomic E-state index is 0.414. The number of benzene rings is 2. The fraction of sp³-hybridized carbons (Fsp3) is 0. The summed E-state index contributed by atoms with van der Waals surface area (Å²) in [6.07, 6.45) is 1.76. The molecule has 3 rings (SSSR count). The first kappa shape index (κ1) is 14.1. The minimum atomic E-state index is -0.587. The zero-order valence-electron chi connectivity index (χ0n) is 11.2. The number of imide groups is 1. The first-order valence-electron chi connectivity index (χ1n) is 6.32. The van der Waals surface area contributed by atoms with Gasteiger partial charge in [0.15, 0.2) is 12.0 Å². The Balaban J connectivity index is 1.82. The summed E-state index contributed by atoms with van der Waals surface area (Å²) in [4.78, 5) is 28.3. The van der Waals surface area contributed by atoms with Crippen molar-refractivity contribution in [2.45, 2.75) is 0 Å². The van der Waals surface area contributed by atoms with E-state index >= 15 is 0 Å². The van der Waals surface area contributed by atoms with Crippen molar-refractivity contribution < 1.29 is 14.0 Å². The standard InChI is InChI=1S/C15H10ClN3O3/c16-10-1-4-12(5-2-10)19(9-20)15(21)18-11-3-6-13-14(7-11)22-8-17-13/h1-9H,(H,18,21). The van der Waals surface area contributed by atoms with Gasteiger partial charge in [-0.1, -0.05) is 11.6 Å². The van der Waals surface area contributed by atoms with Gasteiger partial charge >= 0.3 is 6.03 Å². The van der Waals surface area contributed by atoms with Crippen LogP contribution in [0.3, 0.4) is 0 Å². The fourth-order valence-electron chi connectivity index (χ4n) is 1.94. The first-order chi connectivity index (χ1) is 10.7. The second kappa shape index (κ2) is 5.87. The topological polar surface area (TPSA) is 75.4 Å². The molecule has 22 heavy (non-hydrogen) atoms. The summed E-state index contributed by atoms with van der Waals surface area (Å²) in [7, 11) is 0. The van der Waals surface area contributed by atoms with Gasteiger partial charge in [0.05, 0.1) is 5.69 Å². The third-order valence-electron chi connectivity index (χ3n) is 3.01. The Labute approximate surface area is 130 Å². The molecular weight excluding hydrogens is 306 g/mol. The highest BCUT2D eigenvalue weighted by Crippen LogP contribution is 2.20. The van der Waals surface area contributed by atoms with Gasteiger partial charge < -0.3 is 9.73 Å². The van der Waals surface area contributed by atoms with Gasteiger partial charge in [-0.3, -0.25) is 4.79 Å². The van der Waals surface area contributed by atoms with Gasteiger partial charge in [-0.2, -0.15) is 0 Å². The largest absolute Gasteiger partial charge is 0.443 e. The van der Waals surface area contributed by atoms with Gasteiger partial charge in [0.25, 0.3) is 0 Å². The minimum Gasteiger partial charge on any atom is -0.443 e.